The molecule has 1 aliphatic heterocycles. The third-order valence-electron chi connectivity index (χ3n) is 4.21. The van der Waals surface area contributed by atoms with Crippen LogP contribution in [0.4, 0.5) is 4.79 Å². The number of ether oxygens (including phenoxy) is 2. The second-order valence-electron chi connectivity index (χ2n) is 5.94. The Labute approximate surface area is 150 Å². The van der Waals surface area contributed by atoms with E-state index in [1.807, 2.05) is 0 Å². The molecule has 0 radical (unpaired) electrons. The van der Waals surface area contributed by atoms with E-state index in [2.05, 4.69) is 9.89 Å². The van der Waals surface area contributed by atoms with Crippen molar-refractivity contribution in [2.45, 2.75) is 31.7 Å². The van der Waals surface area contributed by atoms with E-state index in [-0.39, 0.29) is 30.3 Å². The van der Waals surface area contributed by atoms with Crippen LogP contribution in [0.15, 0.2) is 21.6 Å². The zero-order valence-corrected chi connectivity index (χ0v) is 15.3. The molecule has 26 heavy (non-hydrogen) atoms. The summed E-state index contributed by atoms with van der Waals surface area (Å²) < 4.78 is 42.4. The number of aryl methyl sites for hydroxylation is 2. The van der Waals surface area contributed by atoms with Gasteiger partial charge in [-0.1, -0.05) is 0 Å². The van der Waals surface area contributed by atoms with Crippen molar-refractivity contribution in [3.05, 3.63) is 34.6 Å². The van der Waals surface area contributed by atoms with Gasteiger partial charge in [-0.2, -0.15) is 4.31 Å². The predicted octanol–water partition coefficient (Wildman–Crippen LogP) is 2.10. The zero-order chi connectivity index (χ0) is 19.1. The summed E-state index contributed by atoms with van der Waals surface area (Å²) in [5, 5.41) is 12.3. The summed E-state index contributed by atoms with van der Waals surface area (Å²) in [6.07, 6.45) is -1.26. The van der Waals surface area contributed by atoms with Crippen LogP contribution in [-0.2, 0) is 23.0 Å². The van der Waals surface area contributed by atoms with E-state index in [1.54, 1.807) is 26.0 Å². The molecule has 1 N–H and O–H groups in total. The van der Waals surface area contributed by atoms with E-state index in [1.165, 1.54) is 11.4 Å². The molecule has 10 heteroatoms. The van der Waals surface area contributed by atoms with Crippen molar-refractivity contribution in [2.75, 3.05) is 13.7 Å². The topological polar surface area (TPSA) is 119 Å². The molecule has 1 aromatic carbocycles. The van der Waals surface area contributed by atoms with Gasteiger partial charge in [0.2, 0.25) is 10.0 Å². The van der Waals surface area contributed by atoms with E-state index < -0.39 is 16.2 Å². The van der Waals surface area contributed by atoms with Crippen LogP contribution >= 0.6 is 0 Å². The highest BCUT2D eigenvalue weighted by molar-refractivity contribution is 7.89. The van der Waals surface area contributed by atoms with E-state index in [9.17, 15) is 13.2 Å². The summed E-state index contributed by atoms with van der Waals surface area (Å²) in [5.74, 6) is 0.780. The van der Waals surface area contributed by atoms with E-state index in [0.29, 0.717) is 28.2 Å². The van der Waals surface area contributed by atoms with Gasteiger partial charge >= 0.3 is 6.16 Å². The lowest BCUT2D eigenvalue weighted by Crippen LogP contribution is -2.36. The van der Waals surface area contributed by atoms with Crippen molar-refractivity contribution in [2.24, 2.45) is 0 Å². The second-order valence-corrected chi connectivity index (χ2v) is 7.81. The Hall–Kier alpha value is -2.59. The van der Waals surface area contributed by atoms with E-state index in [0.717, 1.165) is 0 Å². The molecule has 9 nitrogen and oxygen atoms in total. The first-order valence-corrected chi connectivity index (χ1v) is 9.21. The van der Waals surface area contributed by atoms with Gasteiger partial charge in [-0.15, -0.1) is 0 Å². The monoisotopic (exact) mass is 382 g/mol. The van der Waals surface area contributed by atoms with E-state index in [4.69, 9.17) is 14.4 Å². The van der Waals surface area contributed by atoms with Crippen molar-refractivity contribution in [1.29, 1.82) is 0 Å². The number of methoxy groups -OCH3 is 1. The van der Waals surface area contributed by atoms with Gasteiger partial charge < -0.3 is 19.1 Å². The molecule has 3 rings (SSSR count). The third kappa shape index (κ3) is 3.13. The van der Waals surface area contributed by atoms with Crippen LogP contribution in [0.2, 0.25) is 0 Å². The summed E-state index contributed by atoms with van der Waals surface area (Å²) >= 11 is 0. The van der Waals surface area contributed by atoms with Gasteiger partial charge in [0.05, 0.1) is 17.6 Å². The van der Waals surface area contributed by atoms with Gasteiger partial charge in [-0.05, 0) is 42.3 Å². The first kappa shape index (κ1) is 18.2. The van der Waals surface area contributed by atoms with Crippen LogP contribution in [0.25, 0.3) is 0 Å². The number of hydrogen-bond acceptors (Lipinski definition) is 7. The van der Waals surface area contributed by atoms with Crippen molar-refractivity contribution in [3.8, 4) is 11.6 Å². The lowest BCUT2D eigenvalue weighted by Gasteiger charge is -2.26. The number of hydrogen-bond donors (Lipinski definition) is 1. The third-order valence-corrected chi connectivity index (χ3v) is 6.36. The summed E-state index contributed by atoms with van der Waals surface area (Å²) in [6.45, 7) is 3.53. The maximum Gasteiger partial charge on any atom is 0.512 e. The second kappa shape index (κ2) is 6.61. The van der Waals surface area contributed by atoms with Crippen molar-refractivity contribution in [3.63, 3.8) is 0 Å². The van der Waals surface area contributed by atoms with Gasteiger partial charge in [0.25, 0.3) is 5.88 Å². The molecule has 140 valence electrons. The molecule has 2 heterocycles. The number of carboxylic acid groups (broad SMARTS) is 1. The summed E-state index contributed by atoms with van der Waals surface area (Å²) in [4.78, 5) is 11.0. The molecule has 1 aromatic heterocycles. The lowest BCUT2D eigenvalue weighted by molar-refractivity contribution is 0.140. The molecule has 1 aliphatic rings. The number of sulfonamides is 1. The molecule has 0 saturated heterocycles. The minimum atomic E-state index is -3.81. The summed E-state index contributed by atoms with van der Waals surface area (Å²) in [6, 6.07) is 3.32. The van der Waals surface area contributed by atoms with Gasteiger partial charge in [-0.3, -0.25) is 0 Å². The largest absolute Gasteiger partial charge is 0.512 e. The number of nitrogens with zero attached hydrogens (tertiary/aromatic N) is 2. The Balaban J connectivity index is 1.98. The highest BCUT2D eigenvalue weighted by Gasteiger charge is 2.35. The predicted molar refractivity (Wildman–Crippen MR) is 88.9 cm³/mol. The van der Waals surface area contributed by atoms with E-state index >= 15 is 0 Å². The molecule has 0 bridgehead atoms. The molecule has 0 spiro atoms. The standard InChI is InChI=1S/C16H18N2O7S/c1-9-6-11(23-3)7-10(2)14(9)26(21,22)18-5-4-13-12(8-18)15(17-25-13)24-16(19)20/h6-7H,4-5,8H2,1-3H3,(H,19,20). The average Bonchev–Trinajstić information content (AvgIpc) is 2.95. The zero-order valence-electron chi connectivity index (χ0n) is 14.5. The molecule has 2 aromatic rings. The Kier molecular flexibility index (Phi) is 4.63. The smallest absolute Gasteiger partial charge is 0.497 e. The first-order valence-electron chi connectivity index (χ1n) is 7.77. The minimum Gasteiger partial charge on any atom is -0.497 e. The molecular formula is C16H18N2O7S. The van der Waals surface area contributed by atoms with Gasteiger partial charge in [0.15, 0.2) is 0 Å². The van der Waals surface area contributed by atoms with Crippen molar-refractivity contribution >= 4 is 16.2 Å². The fourth-order valence-electron chi connectivity index (χ4n) is 3.09. The minimum absolute atomic E-state index is 0.0747. The summed E-state index contributed by atoms with van der Waals surface area (Å²) in [7, 11) is -2.29. The van der Waals surface area contributed by atoms with Gasteiger partial charge in [0.1, 0.15) is 11.5 Å². The molecule has 0 saturated carbocycles. The van der Waals surface area contributed by atoms with Crippen molar-refractivity contribution < 1.29 is 32.3 Å². The summed E-state index contributed by atoms with van der Waals surface area (Å²) in [5.41, 5.74) is 1.46. The van der Waals surface area contributed by atoms with Crippen LogP contribution in [0, 0.1) is 13.8 Å². The molecule has 0 amide bonds. The van der Waals surface area contributed by atoms with Gasteiger partial charge in [-0.25, -0.2) is 13.2 Å². The fourth-order valence-corrected chi connectivity index (χ4v) is 4.91. The normalized spacial score (nSPS) is 14.7. The lowest BCUT2D eigenvalue weighted by atomic mass is 10.1. The maximum absolute atomic E-state index is 13.2. The highest BCUT2D eigenvalue weighted by Crippen LogP contribution is 2.33. The number of carbonyl (C=O) groups is 1. The quantitative estimate of drug-likeness (QED) is 0.799. The number of fused-ring (bicyclic) bond motifs is 1. The van der Waals surface area contributed by atoms with Gasteiger partial charge in [0, 0.05) is 19.5 Å². The SMILES string of the molecule is COc1cc(C)c(S(=O)(=O)N2CCc3onc(OC(=O)O)c3C2)c(C)c1. The average molecular weight is 382 g/mol. The molecule has 0 unspecified atom stereocenters. The van der Waals surface area contributed by atoms with Crippen LogP contribution in [0.3, 0.4) is 0 Å². The Bertz CT molecular complexity index is 942. The molecule has 0 aliphatic carbocycles. The van der Waals surface area contributed by atoms with Crippen LogP contribution in [-0.4, -0.2) is 42.8 Å². The Morgan fingerprint density at radius 3 is 2.54 bits per heavy atom. The highest BCUT2D eigenvalue weighted by atomic mass is 32.2. The van der Waals surface area contributed by atoms with Crippen LogP contribution in [0.5, 0.6) is 11.6 Å². The molecular weight excluding hydrogens is 364 g/mol. The maximum atomic E-state index is 13.2. The fraction of sp³-hybridized carbons (Fsp3) is 0.375. The number of aromatic nitrogens is 1. The molecule has 0 atom stereocenters. The molecule has 0 fully saturated rings. The first-order chi connectivity index (χ1) is 12.2. The number of benzene rings is 1. The Morgan fingerprint density at radius 1 is 1.31 bits per heavy atom. The van der Waals surface area contributed by atoms with Crippen molar-refractivity contribution in [1.82, 2.24) is 9.46 Å². The van der Waals surface area contributed by atoms with Crippen LogP contribution < -0.4 is 9.47 Å². The van der Waals surface area contributed by atoms with Crippen LogP contribution in [0.1, 0.15) is 22.5 Å². The Morgan fingerprint density at radius 2 is 1.96 bits per heavy atom. The number of rotatable bonds is 4.